The van der Waals surface area contributed by atoms with Gasteiger partial charge in [0.25, 0.3) is 5.56 Å². The number of rotatable bonds is 3. The van der Waals surface area contributed by atoms with Crippen molar-refractivity contribution in [1.29, 1.82) is 0 Å². The summed E-state index contributed by atoms with van der Waals surface area (Å²) in [7, 11) is 0. The Morgan fingerprint density at radius 2 is 2.12 bits per heavy atom. The monoisotopic (exact) mass is 364 g/mol. The number of fused-ring (bicyclic) bond motifs is 1. The van der Waals surface area contributed by atoms with Gasteiger partial charge in [0.1, 0.15) is 9.71 Å². The van der Waals surface area contributed by atoms with E-state index in [0.29, 0.717) is 31.4 Å². The molecule has 0 spiro atoms. The van der Waals surface area contributed by atoms with E-state index in [1.165, 1.54) is 6.07 Å². The number of carbonyl (C=O) groups is 1. The number of benzene rings is 1. The predicted molar refractivity (Wildman–Crippen MR) is 93.7 cm³/mol. The molecule has 24 heavy (non-hydrogen) atoms. The normalized spacial score (nSPS) is 11.0. The van der Waals surface area contributed by atoms with Gasteiger partial charge < -0.3 is 4.74 Å². The lowest BCUT2D eigenvalue weighted by Gasteiger charge is -2.05. The zero-order valence-corrected chi connectivity index (χ0v) is 14.5. The zero-order chi connectivity index (χ0) is 17.4. The van der Waals surface area contributed by atoms with Crippen LogP contribution in [0.25, 0.3) is 15.9 Å². The highest BCUT2D eigenvalue weighted by Crippen LogP contribution is 2.27. The number of hydrogen-bond donors (Lipinski definition) is 1. The van der Waals surface area contributed by atoms with Crippen molar-refractivity contribution >= 4 is 39.1 Å². The minimum absolute atomic E-state index is 0.232. The smallest absolute Gasteiger partial charge is 0.348 e. The van der Waals surface area contributed by atoms with Crippen LogP contribution in [-0.4, -0.2) is 22.1 Å². The number of nitrogens with zero attached hydrogens (tertiary/aromatic N) is 1. The standard InChI is InChI=1S/C16H13ClN2O4S/c1-3-23-15(21)12-8(2)11-13(24-12)18-16(22)19(14(11)20)10-6-4-5-9(17)7-10/h4-7H,3H2,1-2H3,(H,18,22). The van der Waals surface area contributed by atoms with E-state index in [4.69, 9.17) is 16.3 Å². The summed E-state index contributed by atoms with van der Waals surface area (Å²) in [6.45, 7) is 3.59. The summed E-state index contributed by atoms with van der Waals surface area (Å²) in [5.41, 5.74) is -0.240. The lowest BCUT2D eigenvalue weighted by Crippen LogP contribution is -2.33. The van der Waals surface area contributed by atoms with Crippen LogP contribution in [0.1, 0.15) is 22.2 Å². The second kappa shape index (κ2) is 6.26. The van der Waals surface area contributed by atoms with Crippen LogP contribution in [0, 0.1) is 6.92 Å². The Kier molecular flexibility index (Phi) is 4.29. The third-order valence-electron chi connectivity index (χ3n) is 3.51. The van der Waals surface area contributed by atoms with Crippen LogP contribution in [-0.2, 0) is 4.74 Å². The summed E-state index contributed by atoms with van der Waals surface area (Å²) in [4.78, 5) is 40.5. The first-order valence-corrected chi connectivity index (χ1v) is 8.35. The lowest BCUT2D eigenvalue weighted by molar-refractivity contribution is 0.0531. The molecule has 0 aliphatic carbocycles. The molecular formula is C16H13ClN2O4S. The van der Waals surface area contributed by atoms with E-state index < -0.39 is 17.2 Å². The van der Waals surface area contributed by atoms with Gasteiger partial charge in [0.05, 0.1) is 17.7 Å². The fourth-order valence-corrected chi connectivity index (χ4v) is 3.72. The molecule has 2 aromatic heterocycles. The number of carbonyl (C=O) groups excluding carboxylic acids is 1. The van der Waals surface area contributed by atoms with Crippen LogP contribution in [0.3, 0.4) is 0 Å². The molecule has 124 valence electrons. The Balaban J connectivity index is 2.31. The van der Waals surface area contributed by atoms with Crippen LogP contribution in [0.4, 0.5) is 0 Å². The SMILES string of the molecule is CCOC(=O)c1sc2[nH]c(=O)n(-c3cccc(Cl)c3)c(=O)c2c1C. The average molecular weight is 365 g/mol. The number of aromatic amines is 1. The molecule has 0 atom stereocenters. The maximum atomic E-state index is 12.8. The quantitative estimate of drug-likeness (QED) is 0.724. The molecule has 3 rings (SSSR count). The van der Waals surface area contributed by atoms with Gasteiger partial charge in [-0.3, -0.25) is 9.78 Å². The number of H-pyrrole nitrogens is 1. The summed E-state index contributed by atoms with van der Waals surface area (Å²) in [5, 5.41) is 0.704. The molecule has 0 radical (unpaired) electrons. The van der Waals surface area contributed by atoms with E-state index in [1.807, 2.05) is 0 Å². The summed E-state index contributed by atoms with van der Waals surface area (Å²) in [6.07, 6.45) is 0. The van der Waals surface area contributed by atoms with E-state index >= 15 is 0 Å². The minimum Gasteiger partial charge on any atom is -0.462 e. The molecule has 0 bridgehead atoms. The Morgan fingerprint density at radius 3 is 2.79 bits per heavy atom. The van der Waals surface area contributed by atoms with E-state index in [9.17, 15) is 14.4 Å². The van der Waals surface area contributed by atoms with Crippen molar-refractivity contribution in [3.63, 3.8) is 0 Å². The van der Waals surface area contributed by atoms with Crippen molar-refractivity contribution in [1.82, 2.24) is 9.55 Å². The number of halogens is 1. The molecule has 3 aromatic rings. The van der Waals surface area contributed by atoms with Crippen molar-refractivity contribution in [3.05, 3.63) is 60.6 Å². The van der Waals surface area contributed by atoms with Gasteiger partial charge in [0.15, 0.2) is 0 Å². The fourth-order valence-electron chi connectivity index (χ4n) is 2.46. The van der Waals surface area contributed by atoms with Gasteiger partial charge in [-0.15, -0.1) is 11.3 Å². The molecule has 6 nitrogen and oxygen atoms in total. The van der Waals surface area contributed by atoms with Crippen molar-refractivity contribution in [2.75, 3.05) is 6.61 Å². The second-order valence-corrected chi connectivity index (χ2v) is 6.49. The van der Waals surface area contributed by atoms with E-state index in [1.54, 1.807) is 32.0 Å². The largest absolute Gasteiger partial charge is 0.462 e. The van der Waals surface area contributed by atoms with Crippen molar-refractivity contribution in [2.24, 2.45) is 0 Å². The summed E-state index contributed by atoms with van der Waals surface area (Å²) in [5.74, 6) is -0.509. The van der Waals surface area contributed by atoms with Gasteiger partial charge >= 0.3 is 11.7 Å². The van der Waals surface area contributed by atoms with Crippen LogP contribution in [0.5, 0.6) is 0 Å². The summed E-state index contributed by atoms with van der Waals surface area (Å²) in [6, 6.07) is 6.44. The number of aryl methyl sites for hydroxylation is 1. The summed E-state index contributed by atoms with van der Waals surface area (Å²) < 4.78 is 6.00. The number of aromatic nitrogens is 2. The second-order valence-electron chi connectivity index (χ2n) is 5.03. The molecule has 0 amide bonds. The van der Waals surface area contributed by atoms with Gasteiger partial charge in [-0.05, 0) is 37.6 Å². The molecule has 1 aromatic carbocycles. The molecule has 8 heteroatoms. The third kappa shape index (κ3) is 2.65. The Hall–Kier alpha value is -2.38. The number of nitrogens with one attached hydrogen (secondary N) is 1. The van der Waals surface area contributed by atoms with Crippen molar-refractivity contribution in [2.45, 2.75) is 13.8 Å². The number of ether oxygens (including phenoxy) is 1. The highest BCUT2D eigenvalue weighted by atomic mass is 35.5. The van der Waals surface area contributed by atoms with E-state index in [0.717, 1.165) is 15.9 Å². The molecular weight excluding hydrogens is 352 g/mol. The molecule has 0 aliphatic rings. The summed E-state index contributed by atoms with van der Waals surface area (Å²) >= 11 is 6.98. The Morgan fingerprint density at radius 1 is 1.38 bits per heavy atom. The molecule has 0 unspecified atom stereocenters. The van der Waals surface area contributed by atoms with Gasteiger partial charge in [0.2, 0.25) is 0 Å². The first-order valence-electron chi connectivity index (χ1n) is 7.15. The predicted octanol–water partition coefficient (Wildman–Crippen LogP) is 2.88. The molecule has 0 aliphatic heterocycles. The van der Waals surface area contributed by atoms with Crippen molar-refractivity contribution < 1.29 is 9.53 Å². The van der Waals surface area contributed by atoms with Gasteiger partial charge in [-0.25, -0.2) is 14.2 Å². The maximum Gasteiger partial charge on any atom is 0.348 e. The van der Waals surface area contributed by atoms with Crippen molar-refractivity contribution in [3.8, 4) is 5.69 Å². The molecule has 0 fully saturated rings. The first kappa shape index (κ1) is 16.5. The highest BCUT2D eigenvalue weighted by Gasteiger charge is 2.21. The van der Waals surface area contributed by atoms with Crippen LogP contribution in [0.2, 0.25) is 5.02 Å². The highest BCUT2D eigenvalue weighted by molar-refractivity contribution is 7.20. The van der Waals surface area contributed by atoms with Gasteiger partial charge in [0, 0.05) is 5.02 Å². The van der Waals surface area contributed by atoms with E-state index in [-0.39, 0.29) is 6.61 Å². The minimum atomic E-state index is -0.591. The fraction of sp³-hybridized carbons (Fsp3) is 0.188. The first-order chi connectivity index (χ1) is 11.4. The van der Waals surface area contributed by atoms with Crippen LogP contribution < -0.4 is 11.2 Å². The number of hydrogen-bond acceptors (Lipinski definition) is 5. The zero-order valence-electron chi connectivity index (χ0n) is 12.9. The Labute approximate surface area is 145 Å². The molecule has 0 saturated carbocycles. The molecule has 2 heterocycles. The molecule has 1 N–H and O–H groups in total. The Bertz CT molecular complexity index is 1060. The topological polar surface area (TPSA) is 81.2 Å². The molecule has 0 saturated heterocycles. The maximum absolute atomic E-state index is 12.8. The lowest BCUT2D eigenvalue weighted by atomic mass is 10.2. The number of thiophene rings is 1. The average Bonchev–Trinajstić information content (AvgIpc) is 2.84. The van der Waals surface area contributed by atoms with Gasteiger partial charge in [-0.2, -0.15) is 0 Å². The van der Waals surface area contributed by atoms with E-state index in [2.05, 4.69) is 4.98 Å². The number of esters is 1. The van der Waals surface area contributed by atoms with Crippen LogP contribution in [0.15, 0.2) is 33.9 Å². The van der Waals surface area contributed by atoms with Gasteiger partial charge in [-0.1, -0.05) is 17.7 Å². The van der Waals surface area contributed by atoms with Crippen LogP contribution >= 0.6 is 22.9 Å². The third-order valence-corrected chi connectivity index (χ3v) is 4.94.